The lowest BCUT2D eigenvalue weighted by atomic mass is 10.2. The SMILES string of the molecule is c1ccc(-n2ccnc2CNc2cccc(OCC3CCCO3)c2)cc1. The Morgan fingerprint density at radius 1 is 1.15 bits per heavy atom. The Kier molecular flexibility index (Phi) is 5.17. The maximum Gasteiger partial charge on any atom is 0.132 e. The van der Waals surface area contributed by atoms with Gasteiger partial charge in [0.1, 0.15) is 18.2 Å². The minimum absolute atomic E-state index is 0.227. The molecule has 26 heavy (non-hydrogen) atoms. The normalized spacial score (nSPS) is 16.5. The van der Waals surface area contributed by atoms with Crippen LogP contribution in [0.3, 0.4) is 0 Å². The van der Waals surface area contributed by atoms with E-state index >= 15 is 0 Å². The third kappa shape index (κ3) is 4.06. The molecule has 0 saturated carbocycles. The minimum atomic E-state index is 0.227. The number of anilines is 1. The number of hydrogen-bond acceptors (Lipinski definition) is 4. The molecule has 2 heterocycles. The zero-order valence-corrected chi connectivity index (χ0v) is 14.7. The number of para-hydroxylation sites is 1. The average Bonchev–Trinajstić information content (AvgIpc) is 3.37. The molecule has 1 saturated heterocycles. The van der Waals surface area contributed by atoms with E-state index in [1.165, 1.54) is 0 Å². The van der Waals surface area contributed by atoms with Crippen molar-refractivity contribution in [2.24, 2.45) is 0 Å². The number of hydrogen-bond donors (Lipinski definition) is 1. The zero-order chi connectivity index (χ0) is 17.6. The Hall–Kier alpha value is -2.79. The molecule has 0 amide bonds. The van der Waals surface area contributed by atoms with E-state index in [1.807, 2.05) is 54.9 Å². The highest BCUT2D eigenvalue weighted by molar-refractivity contribution is 5.48. The summed E-state index contributed by atoms with van der Waals surface area (Å²) in [5.74, 6) is 1.82. The first-order valence-electron chi connectivity index (χ1n) is 9.04. The Morgan fingerprint density at radius 2 is 2.08 bits per heavy atom. The zero-order valence-electron chi connectivity index (χ0n) is 14.7. The van der Waals surface area contributed by atoms with Gasteiger partial charge in [0, 0.05) is 36.4 Å². The highest BCUT2D eigenvalue weighted by atomic mass is 16.5. The van der Waals surface area contributed by atoms with Gasteiger partial charge in [-0.25, -0.2) is 4.98 Å². The van der Waals surface area contributed by atoms with Crippen LogP contribution in [0.5, 0.6) is 5.75 Å². The predicted octanol–water partition coefficient (Wildman–Crippen LogP) is 4.04. The third-order valence-corrected chi connectivity index (χ3v) is 4.50. The first-order chi connectivity index (χ1) is 12.9. The van der Waals surface area contributed by atoms with Gasteiger partial charge in [0.25, 0.3) is 0 Å². The van der Waals surface area contributed by atoms with Crippen LogP contribution in [0.2, 0.25) is 0 Å². The summed E-state index contributed by atoms with van der Waals surface area (Å²) < 4.78 is 13.6. The van der Waals surface area contributed by atoms with Crippen LogP contribution >= 0.6 is 0 Å². The molecule has 5 nitrogen and oxygen atoms in total. The van der Waals surface area contributed by atoms with E-state index in [0.29, 0.717) is 13.2 Å². The number of ether oxygens (including phenoxy) is 2. The number of nitrogens with one attached hydrogen (secondary N) is 1. The summed E-state index contributed by atoms with van der Waals surface area (Å²) in [6.07, 6.45) is 6.24. The minimum Gasteiger partial charge on any atom is -0.491 e. The van der Waals surface area contributed by atoms with Crippen LogP contribution in [0.1, 0.15) is 18.7 Å². The third-order valence-electron chi connectivity index (χ3n) is 4.50. The van der Waals surface area contributed by atoms with E-state index < -0.39 is 0 Å². The van der Waals surface area contributed by atoms with E-state index in [9.17, 15) is 0 Å². The topological polar surface area (TPSA) is 48.3 Å². The van der Waals surface area contributed by atoms with Gasteiger partial charge in [-0.1, -0.05) is 24.3 Å². The molecule has 0 spiro atoms. The number of nitrogens with zero attached hydrogens (tertiary/aromatic N) is 2. The molecule has 0 radical (unpaired) electrons. The second-order valence-electron chi connectivity index (χ2n) is 6.38. The maximum atomic E-state index is 5.87. The van der Waals surface area contributed by atoms with Crippen molar-refractivity contribution in [2.45, 2.75) is 25.5 Å². The summed E-state index contributed by atoms with van der Waals surface area (Å²) in [6, 6.07) is 18.3. The van der Waals surface area contributed by atoms with Gasteiger partial charge in [0.2, 0.25) is 0 Å². The van der Waals surface area contributed by atoms with Crippen LogP contribution in [0.15, 0.2) is 67.0 Å². The van der Waals surface area contributed by atoms with Gasteiger partial charge in [-0.2, -0.15) is 0 Å². The largest absolute Gasteiger partial charge is 0.491 e. The maximum absolute atomic E-state index is 5.87. The standard InChI is InChI=1S/C21H23N3O2/c1-2-7-18(8-3-1)24-12-11-22-21(24)15-23-17-6-4-9-19(14-17)26-16-20-10-5-13-25-20/h1-4,6-9,11-12,14,20,23H,5,10,13,15-16H2. The first kappa shape index (κ1) is 16.7. The molecule has 1 aliphatic heterocycles. The molecular weight excluding hydrogens is 326 g/mol. The molecule has 4 rings (SSSR count). The van der Waals surface area contributed by atoms with E-state index in [0.717, 1.165) is 42.4 Å². The van der Waals surface area contributed by atoms with Gasteiger partial charge in [-0.05, 0) is 37.1 Å². The molecule has 1 aromatic heterocycles. The van der Waals surface area contributed by atoms with Crippen LogP contribution in [0, 0.1) is 0 Å². The average molecular weight is 349 g/mol. The van der Waals surface area contributed by atoms with Gasteiger partial charge in [-0.3, -0.25) is 0 Å². The van der Waals surface area contributed by atoms with Crippen LogP contribution in [-0.2, 0) is 11.3 Å². The van der Waals surface area contributed by atoms with Crippen molar-refractivity contribution < 1.29 is 9.47 Å². The van der Waals surface area contributed by atoms with Gasteiger partial charge in [0.15, 0.2) is 0 Å². The van der Waals surface area contributed by atoms with E-state index in [2.05, 4.69) is 27.0 Å². The second-order valence-corrected chi connectivity index (χ2v) is 6.38. The predicted molar refractivity (Wildman–Crippen MR) is 102 cm³/mol. The summed E-state index contributed by atoms with van der Waals surface area (Å²) in [4.78, 5) is 4.47. The second kappa shape index (κ2) is 8.06. The quantitative estimate of drug-likeness (QED) is 0.699. The van der Waals surface area contributed by atoms with Crippen molar-refractivity contribution >= 4 is 5.69 Å². The molecule has 1 atom stereocenters. The van der Waals surface area contributed by atoms with Crippen molar-refractivity contribution in [1.29, 1.82) is 0 Å². The number of benzene rings is 2. The lowest BCUT2D eigenvalue weighted by molar-refractivity contribution is 0.0680. The van der Waals surface area contributed by atoms with Crippen LogP contribution in [0.4, 0.5) is 5.69 Å². The highest BCUT2D eigenvalue weighted by Crippen LogP contribution is 2.20. The molecule has 134 valence electrons. The fraction of sp³-hybridized carbons (Fsp3) is 0.286. The van der Waals surface area contributed by atoms with E-state index in [-0.39, 0.29) is 6.10 Å². The molecule has 1 fully saturated rings. The van der Waals surface area contributed by atoms with Crippen molar-refractivity contribution in [1.82, 2.24) is 9.55 Å². The summed E-state index contributed by atoms with van der Waals surface area (Å²) in [5.41, 5.74) is 2.12. The molecule has 2 aromatic carbocycles. The van der Waals surface area contributed by atoms with Crippen molar-refractivity contribution in [3.8, 4) is 11.4 Å². The Balaban J connectivity index is 1.38. The number of rotatable bonds is 7. The van der Waals surface area contributed by atoms with Gasteiger partial charge in [-0.15, -0.1) is 0 Å². The monoisotopic (exact) mass is 349 g/mol. The fourth-order valence-corrected chi connectivity index (χ4v) is 3.13. The van der Waals surface area contributed by atoms with Crippen molar-refractivity contribution in [2.75, 3.05) is 18.5 Å². The summed E-state index contributed by atoms with van der Waals surface area (Å²) in [6.45, 7) is 2.10. The lowest BCUT2D eigenvalue weighted by Crippen LogP contribution is -2.16. The molecular formula is C21H23N3O2. The smallest absolute Gasteiger partial charge is 0.132 e. The first-order valence-corrected chi connectivity index (χ1v) is 9.04. The summed E-state index contributed by atoms with van der Waals surface area (Å²) >= 11 is 0. The van der Waals surface area contributed by atoms with Gasteiger partial charge >= 0.3 is 0 Å². The van der Waals surface area contributed by atoms with Crippen LogP contribution in [-0.4, -0.2) is 28.9 Å². The molecule has 3 aromatic rings. The molecule has 1 N–H and O–H groups in total. The lowest BCUT2D eigenvalue weighted by Gasteiger charge is -2.13. The summed E-state index contributed by atoms with van der Waals surface area (Å²) in [5, 5.41) is 3.43. The van der Waals surface area contributed by atoms with E-state index in [4.69, 9.17) is 9.47 Å². The fourth-order valence-electron chi connectivity index (χ4n) is 3.13. The van der Waals surface area contributed by atoms with Gasteiger partial charge < -0.3 is 19.4 Å². The molecule has 1 unspecified atom stereocenters. The number of imidazole rings is 1. The van der Waals surface area contributed by atoms with Crippen LogP contribution in [0.25, 0.3) is 5.69 Å². The van der Waals surface area contributed by atoms with Crippen LogP contribution < -0.4 is 10.1 Å². The molecule has 0 aliphatic carbocycles. The Labute approximate surface area is 153 Å². The number of aromatic nitrogens is 2. The highest BCUT2D eigenvalue weighted by Gasteiger charge is 2.16. The molecule has 1 aliphatic rings. The van der Waals surface area contributed by atoms with E-state index in [1.54, 1.807) is 0 Å². The molecule has 5 heteroatoms. The van der Waals surface area contributed by atoms with Gasteiger partial charge in [0.05, 0.1) is 12.6 Å². The Bertz CT molecular complexity index is 826. The van der Waals surface area contributed by atoms with Crippen molar-refractivity contribution in [3.63, 3.8) is 0 Å². The molecule has 0 bridgehead atoms. The Morgan fingerprint density at radius 3 is 2.92 bits per heavy atom. The van der Waals surface area contributed by atoms with Crippen molar-refractivity contribution in [3.05, 3.63) is 72.8 Å². The summed E-state index contributed by atoms with van der Waals surface area (Å²) in [7, 11) is 0.